The molecule has 4 nitrogen and oxygen atoms in total. The average Bonchev–Trinajstić information content (AvgIpc) is 2.81. The van der Waals surface area contributed by atoms with Gasteiger partial charge in [-0.3, -0.25) is 9.89 Å². The van der Waals surface area contributed by atoms with E-state index in [4.69, 9.17) is 11.6 Å². The fraction of sp³-hybridized carbons (Fsp3) is 0.636. The van der Waals surface area contributed by atoms with E-state index in [1.54, 1.807) is 12.4 Å². The van der Waals surface area contributed by atoms with Crippen LogP contribution in [0.2, 0.25) is 0 Å². The zero-order valence-electron chi connectivity index (χ0n) is 9.32. The summed E-state index contributed by atoms with van der Waals surface area (Å²) >= 11 is 6.06. The minimum atomic E-state index is 0.0643. The molecule has 1 atom stereocenters. The molecule has 16 heavy (non-hydrogen) atoms. The summed E-state index contributed by atoms with van der Waals surface area (Å²) in [4.78, 5) is 13.8. The summed E-state index contributed by atoms with van der Waals surface area (Å²) in [6.45, 7) is 3.62. The normalized spacial score (nSPS) is 19.8. The van der Waals surface area contributed by atoms with Crippen LogP contribution in [-0.4, -0.2) is 39.5 Å². The third kappa shape index (κ3) is 2.38. The fourth-order valence-corrected chi connectivity index (χ4v) is 2.36. The number of amides is 1. The maximum Gasteiger partial charge on any atom is 0.257 e. The Labute approximate surface area is 100.0 Å². The zero-order valence-corrected chi connectivity index (χ0v) is 10.1. The summed E-state index contributed by atoms with van der Waals surface area (Å²) in [6.07, 6.45) is 5.19. The van der Waals surface area contributed by atoms with E-state index in [0.29, 0.717) is 11.5 Å². The van der Waals surface area contributed by atoms with Gasteiger partial charge in [-0.2, -0.15) is 5.10 Å². The lowest BCUT2D eigenvalue weighted by atomic mass is 9.94. The molecule has 5 heteroatoms. The van der Waals surface area contributed by atoms with E-state index in [2.05, 4.69) is 10.2 Å². The summed E-state index contributed by atoms with van der Waals surface area (Å²) < 4.78 is 0. The van der Waals surface area contributed by atoms with Crippen molar-refractivity contribution in [2.24, 2.45) is 5.92 Å². The van der Waals surface area contributed by atoms with Gasteiger partial charge in [0.25, 0.3) is 5.91 Å². The van der Waals surface area contributed by atoms with Crippen LogP contribution in [0.3, 0.4) is 0 Å². The zero-order chi connectivity index (χ0) is 11.5. The maximum absolute atomic E-state index is 12.0. The number of likely N-dealkylation sites (tertiary alicyclic amines) is 1. The molecule has 1 aromatic heterocycles. The molecule has 0 aromatic carbocycles. The molecular formula is C11H16ClN3O. The van der Waals surface area contributed by atoms with Crippen molar-refractivity contribution in [3.63, 3.8) is 0 Å². The van der Waals surface area contributed by atoms with Crippen LogP contribution in [0.4, 0.5) is 0 Å². The number of piperidine rings is 1. The number of H-pyrrole nitrogens is 1. The van der Waals surface area contributed by atoms with Gasteiger partial charge in [0.2, 0.25) is 0 Å². The number of aromatic amines is 1. The molecule has 1 aliphatic heterocycles. The highest BCUT2D eigenvalue weighted by atomic mass is 35.5. The molecule has 0 aliphatic carbocycles. The van der Waals surface area contributed by atoms with E-state index in [-0.39, 0.29) is 11.3 Å². The van der Waals surface area contributed by atoms with Crippen LogP contribution in [0.15, 0.2) is 12.4 Å². The molecule has 0 spiro atoms. The van der Waals surface area contributed by atoms with Gasteiger partial charge in [-0.25, -0.2) is 0 Å². The summed E-state index contributed by atoms with van der Waals surface area (Å²) in [6, 6.07) is 0. The number of rotatable bonds is 2. The predicted octanol–water partition coefficient (Wildman–Crippen LogP) is 1.89. The molecule has 2 rings (SSSR count). The monoisotopic (exact) mass is 241 g/mol. The first-order valence-electron chi connectivity index (χ1n) is 5.60. The molecule has 2 heterocycles. The van der Waals surface area contributed by atoms with Crippen LogP contribution in [0.5, 0.6) is 0 Å². The molecule has 1 saturated heterocycles. The topological polar surface area (TPSA) is 49.0 Å². The van der Waals surface area contributed by atoms with Crippen LogP contribution in [0.25, 0.3) is 0 Å². The van der Waals surface area contributed by atoms with Crippen molar-refractivity contribution in [3.05, 3.63) is 18.0 Å². The van der Waals surface area contributed by atoms with Gasteiger partial charge < -0.3 is 4.90 Å². The van der Waals surface area contributed by atoms with E-state index in [1.807, 2.05) is 11.8 Å². The van der Waals surface area contributed by atoms with Crippen molar-refractivity contribution in [2.45, 2.75) is 25.1 Å². The lowest BCUT2D eigenvalue weighted by Gasteiger charge is -2.32. The van der Waals surface area contributed by atoms with Gasteiger partial charge in [0, 0.05) is 24.7 Å². The lowest BCUT2D eigenvalue weighted by Crippen LogP contribution is -2.39. The highest BCUT2D eigenvalue weighted by molar-refractivity contribution is 6.20. The highest BCUT2D eigenvalue weighted by Crippen LogP contribution is 2.24. The van der Waals surface area contributed by atoms with E-state index in [1.165, 1.54) is 0 Å². The first-order chi connectivity index (χ1) is 7.68. The number of nitrogens with one attached hydrogen (secondary N) is 1. The van der Waals surface area contributed by atoms with Crippen LogP contribution >= 0.6 is 11.6 Å². The minimum absolute atomic E-state index is 0.0643. The Morgan fingerprint density at radius 2 is 2.31 bits per heavy atom. The van der Waals surface area contributed by atoms with Crippen LogP contribution in [-0.2, 0) is 0 Å². The van der Waals surface area contributed by atoms with Gasteiger partial charge in [-0.1, -0.05) is 0 Å². The number of nitrogens with zero attached hydrogens (tertiary/aromatic N) is 2. The third-order valence-corrected chi connectivity index (χ3v) is 3.58. The van der Waals surface area contributed by atoms with Gasteiger partial charge in [-0.05, 0) is 25.7 Å². The van der Waals surface area contributed by atoms with Gasteiger partial charge in [0.1, 0.15) is 0 Å². The second kappa shape index (κ2) is 4.87. The summed E-state index contributed by atoms with van der Waals surface area (Å²) in [5.74, 6) is 0.601. The Kier molecular flexibility index (Phi) is 3.49. The molecule has 0 bridgehead atoms. The minimum Gasteiger partial charge on any atom is -0.339 e. The van der Waals surface area contributed by atoms with Gasteiger partial charge in [0.15, 0.2) is 0 Å². The second-order valence-electron chi connectivity index (χ2n) is 4.29. The van der Waals surface area contributed by atoms with Crippen molar-refractivity contribution in [3.8, 4) is 0 Å². The molecule has 0 radical (unpaired) electrons. The van der Waals surface area contributed by atoms with Gasteiger partial charge in [0.05, 0.1) is 11.8 Å². The summed E-state index contributed by atoms with van der Waals surface area (Å²) in [5, 5.41) is 6.65. The third-order valence-electron chi connectivity index (χ3n) is 3.22. The molecule has 1 fully saturated rings. The van der Waals surface area contributed by atoms with Crippen molar-refractivity contribution in [1.82, 2.24) is 15.1 Å². The first-order valence-corrected chi connectivity index (χ1v) is 6.04. The van der Waals surface area contributed by atoms with Crippen LogP contribution in [0, 0.1) is 5.92 Å². The number of hydrogen-bond acceptors (Lipinski definition) is 2. The quantitative estimate of drug-likeness (QED) is 0.804. The molecular weight excluding hydrogens is 226 g/mol. The standard InChI is InChI=1S/C11H16ClN3O/c1-8(12)9-2-4-15(5-3-9)11(16)10-6-13-14-7-10/h6-9H,2-5H2,1H3,(H,13,14). The molecule has 1 aliphatic rings. The second-order valence-corrected chi connectivity index (χ2v) is 4.98. The Bertz CT molecular complexity index is 342. The first kappa shape index (κ1) is 11.5. The van der Waals surface area contributed by atoms with Crippen molar-refractivity contribution in [1.29, 1.82) is 0 Å². The molecule has 1 aromatic rings. The Hall–Kier alpha value is -1.03. The van der Waals surface area contributed by atoms with Crippen molar-refractivity contribution in [2.75, 3.05) is 13.1 Å². The number of halogens is 1. The van der Waals surface area contributed by atoms with Crippen molar-refractivity contribution < 1.29 is 4.79 Å². The van der Waals surface area contributed by atoms with Crippen molar-refractivity contribution >= 4 is 17.5 Å². The maximum atomic E-state index is 12.0. The number of carbonyl (C=O) groups excluding carboxylic acids is 1. The number of alkyl halides is 1. The lowest BCUT2D eigenvalue weighted by molar-refractivity contribution is 0.0690. The number of aromatic nitrogens is 2. The number of carbonyl (C=O) groups is 1. The molecule has 0 saturated carbocycles. The smallest absolute Gasteiger partial charge is 0.257 e. The SMILES string of the molecule is CC(Cl)C1CCN(C(=O)c2cn[nH]c2)CC1. The van der Waals surface area contributed by atoms with E-state index in [9.17, 15) is 4.79 Å². The van der Waals surface area contributed by atoms with E-state index < -0.39 is 0 Å². The molecule has 1 N–H and O–H groups in total. The Morgan fingerprint density at radius 3 is 2.81 bits per heavy atom. The summed E-state index contributed by atoms with van der Waals surface area (Å²) in [7, 11) is 0. The van der Waals surface area contributed by atoms with Crippen LogP contribution < -0.4 is 0 Å². The molecule has 1 unspecified atom stereocenters. The summed E-state index contributed by atoms with van der Waals surface area (Å²) in [5.41, 5.74) is 0.636. The highest BCUT2D eigenvalue weighted by Gasteiger charge is 2.26. The largest absolute Gasteiger partial charge is 0.339 e. The molecule has 1 amide bonds. The Balaban J connectivity index is 1.92. The average molecular weight is 242 g/mol. The molecule has 88 valence electrons. The van der Waals surface area contributed by atoms with Gasteiger partial charge in [-0.15, -0.1) is 11.6 Å². The van der Waals surface area contributed by atoms with Crippen LogP contribution in [0.1, 0.15) is 30.1 Å². The predicted molar refractivity (Wildman–Crippen MR) is 62.5 cm³/mol. The van der Waals surface area contributed by atoms with Gasteiger partial charge >= 0.3 is 0 Å². The Morgan fingerprint density at radius 1 is 1.62 bits per heavy atom. The van der Waals surface area contributed by atoms with E-state index >= 15 is 0 Å². The van der Waals surface area contributed by atoms with E-state index in [0.717, 1.165) is 25.9 Å². The fourth-order valence-electron chi connectivity index (χ4n) is 2.11. The number of hydrogen-bond donors (Lipinski definition) is 1.